The first-order chi connectivity index (χ1) is 35.0. The molecule has 446 valence electrons. The Morgan fingerprint density at radius 1 is 0.176 bits per heavy atom. The molecule has 0 aromatic carbocycles. The average molecular weight is 1080 g/mol. The number of rotatable bonds is 53. The van der Waals surface area contributed by atoms with Crippen molar-refractivity contribution in [2.75, 3.05) is 126 Å². The fraction of sp³-hybridized carbons (Fsp3) is 1.00. The molecule has 0 spiro atoms. The zero-order valence-corrected chi connectivity index (χ0v) is 49.9. The van der Waals surface area contributed by atoms with Crippen molar-refractivity contribution in [2.45, 2.75) is 234 Å². The molecule has 0 amide bonds. The van der Waals surface area contributed by atoms with Crippen LogP contribution in [0.5, 0.6) is 0 Å². The van der Waals surface area contributed by atoms with Crippen LogP contribution in [0.4, 0.5) is 0 Å². The van der Waals surface area contributed by atoms with Crippen LogP contribution in [0.2, 0.25) is 0 Å². The number of hydrogen-bond acceptors (Lipinski definition) is 19. The van der Waals surface area contributed by atoms with Gasteiger partial charge >= 0.3 is 0 Å². The van der Waals surface area contributed by atoms with Crippen molar-refractivity contribution in [2.24, 2.45) is 0 Å². The number of ether oxygens (including phenoxy) is 18. The Morgan fingerprint density at radius 2 is 0.270 bits per heavy atom. The summed E-state index contributed by atoms with van der Waals surface area (Å²) in [5.41, 5.74) is 0. The second-order valence-electron chi connectivity index (χ2n) is 20.7. The summed E-state index contributed by atoms with van der Waals surface area (Å²) in [7, 11) is 1.67. The van der Waals surface area contributed by atoms with E-state index in [1.807, 2.05) is 125 Å². The van der Waals surface area contributed by atoms with E-state index in [0.29, 0.717) is 112 Å². The molecule has 19 nitrogen and oxygen atoms in total. The van der Waals surface area contributed by atoms with Gasteiger partial charge in [-0.15, -0.1) is 0 Å². The Morgan fingerprint density at radius 3 is 0.365 bits per heavy atom. The summed E-state index contributed by atoms with van der Waals surface area (Å²) >= 11 is 0. The fourth-order valence-electron chi connectivity index (χ4n) is 5.99. The first-order valence-electron chi connectivity index (χ1n) is 27.6. The van der Waals surface area contributed by atoms with E-state index in [1.165, 1.54) is 0 Å². The molecule has 19 heteroatoms. The Labute approximate surface area is 449 Å². The summed E-state index contributed by atoms with van der Waals surface area (Å²) in [6, 6.07) is 0. The van der Waals surface area contributed by atoms with Crippen molar-refractivity contribution >= 4 is 0 Å². The molecule has 0 aliphatic heterocycles. The molecule has 0 rings (SSSR count). The minimum Gasteiger partial charge on any atom is -0.394 e. The summed E-state index contributed by atoms with van der Waals surface area (Å²) in [4.78, 5) is 0. The van der Waals surface area contributed by atoms with Gasteiger partial charge in [-0.2, -0.15) is 0 Å². The fourth-order valence-corrected chi connectivity index (χ4v) is 5.99. The Bertz CT molecular complexity index is 1140. The minimum absolute atomic E-state index is 0.0114. The van der Waals surface area contributed by atoms with E-state index in [0.717, 1.165) is 0 Å². The highest BCUT2D eigenvalue weighted by Crippen LogP contribution is 2.09. The van der Waals surface area contributed by atoms with Gasteiger partial charge in [-0.3, -0.25) is 0 Å². The van der Waals surface area contributed by atoms with Gasteiger partial charge in [0.15, 0.2) is 0 Å². The summed E-state index contributed by atoms with van der Waals surface area (Å²) in [5, 5.41) is 9.08. The van der Waals surface area contributed by atoms with Gasteiger partial charge in [-0.25, -0.2) is 0 Å². The number of aliphatic hydroxyl groups is 1. The molecule has 74 heavy (non-hydrogen) atoms. The van der Waals surface area contributed by atoms with E-state index >= 15 is 0 Å². The SMILES string of the molecule is COC(C)COC(C)COC(C)COC(C)COC(C)COC(C)COC(C)COC(C)COC(C)COC(C)COC(C)COC(C)COC(C)COC(C)COC(C)COC(C)COC(C)COC(C)CO. The minimum atomic E-state index is -0.204. The lowest BCUT2D eigenvalue weighted by molar-refractivity contribution is -0.116. The number of hydrogen-bond donors (Lipinski definition) is 1. The van der Waals surface area contributed by atoms with E-state index in [2.05, 4.69) is 0 Å². The first kappa shape index (κ1) is 73.2. The molecular formula is C55H112O19. The molecule has 18 unspecified atom stereocenters. The van der Waals surface area contributed by atoms with Gasteiger partial charge in [0.2, 0.25) is 0 Å². The van der Waals surface area contributed by atoms with Crippen molar-refractivity contribution in [3.8, 4) is 0 Å². The predicted octanol–water partition coefficient (Wildman–Crippen LogP) is 6.90. The quantitative estimate of drug-likeness (QED) is 0.0662. The molecule has 0 aromatic rings. The van der Waals surface area contributed by atoms with Crippen LogP contribution in [0.1, 0.15) is 125 Å². The van der Waals surface area contributed by atoms with Crippen molar-refractivity contribution in [3.05, 3.63) is 0 Å². The maximum Gasteiger partial charge on any atom is 0.0781 e. The van der Waals surface area contributed by atoms with Crippen LogP contribution >= 0.6 is 0 Å². The molecule has 18 atom stereocenters. The highest BCUT2D eigenvalue weighted by Gasteiger charge is 2.18. The van der Waals surface area contributed by atoms with Crippen LogP contribution in [0.15, 0.2) is 0 Å². The lowest BCUT2D eigenvalue weighted by Gasteiger charge is -2.24. The third-order valence-electron chi connectivity index (χ3n) is 11.1. The van der Waals surface area contributed by atoms with Crippen LogP contribution in [0.3, 0.4) is 0 Å². The zero-order chi connectivity index (χ0) is 55.8. The summed E-state index contributed by atoms with van der Waals surface area (Å²) in [6.07, 6.45) is -1.62. The molecule has 1 N–H and O–H groups in total. The number of aliphatic hydroxyl groups excluding tert-OH is 1. The maximum absolute atomic E-state index is 9.08. The van der Waals surface area contributed by atoms with Gasteiger partial charge in [-0.05, 0) is 125 Å². The Hall–Kier alpha value is -0.760. The van der Waals surface area contributed by atoms with Gasteiger partial charge in [0.1, 0.15) is 0 Å². The predicted molar refractivity (Wildman–Crippen MR) is 286 cm³/mol. The molecule has 0 aromatic heterocycles. The average Bonchev–Trinajstić information content (AvgIpc) is 3.38. The summed E-state index contributed by atoms with van der Waals surface area (Å²) < 4.78 is 106. The van der Waals surface area contributed by atoms with Gasteiger partial charge in [0.05, 0.1) is 229 Å². The van der Waals surface area contributed by atoms with E-state index in [4.69, 9.17) is 90.4 Å². The highest BCUT2D eigenvalue weighted by atomic mass is 16.6. The van der Waals surface area contributed by atoms with Crippen LogP contribution < -0.4 is 0 Å². The molecule has 0 aliphatic carbocycles. The van der Waals surface area contributed by atoms with Crippen LogP contribution in [0.25, 0.3) is 0 Å². The van der Waals surface area contributed by atoms with Gasteiger partial charge < -0.3 is 90.4 Å². The van der Waals surface area contributed by atoms with Crippen LogP contribution in [0, 0.1) is 0 Å². The van der Waals surface area contributed by atoms with E-state index in [1.54, 1.807) is 7.11 Å². The Kier molecular flexibility index (Phi) is 45.6. The van der Waals surface area contributed by atoms with Crippen molar-refractivity contribution in [1.29, 1.82) is 0 Å². The monoisotopic (exact) mass is 1080 g/mol. The maximum atomic E-state index is 9.08. The van der Waals surface area contributed by atoms with E-state index in [9.17, 15) is 0 Å². The summed E-state index contributed by atoms with van der Waals surface area (Å²) in [5.74, 6) is 0. The molecule has 0 saturated carbocycles. The zero-order valence-electron chi connectivity index (χ0n) is 49.9. The van der Waals surface area contributed by atoms with Crippen LogP contribution in [-0.4, -0.2) is 241 Å². The Balaban J connectivity index is 4.01. The number of methoxy groups -OCH3 is 1. The van der Waals surface area contributed by atoms with Crippen LogP contribution in [-0.2, 0) is 85.3 Å². The molecule has 0 heterocycles. The van der Waals surface area contributed by atoms with Gasteiger partial charge in [-0.1, -0.05) is 0 Å². The lowest BCUT2D eigenvalue weighted by Crippen LogP contribution is -2.31. The van der Waals surface area contributed by atoms with Crippen molar-refractivity contribution < 1.29 is 90.4 Å². The standard InChI is InChI=1S/C55H112O19/c1-38(20-56)58-22-40(3)60-24-42(5)62-26-44(7)64-28-46(9)66-30-48(11)68-32-50(13)70-34-52(15)72-36-54(17)74-37-55(18)73-35-53(16)71-33-51(14)69-31-49(12)67-29-47(10)65-27-45(8)63-25-43(6)61-23-41(4)59-21-39(2)57-19/h38-56H,20-37H2,1-19H3. The van der Waals surface area contributed by atoms with Crippen molar-refractivity contribution in [1.82, 2.24) is 0 Å². The van der Waals surface area contributed by atoms with Gasteiger partial charge in [0.25, 0.3) is 0 Å². The molecule has 0 radical (unpaired) electrons. The van der Waals surface area contributed by atoms with E-state index < -0.39 is 0 Å². The third-order valence-corrected chi connectivity index (χ3v) is 11.1. The summed E-state index contributed by atoms with van der Waals surface area (Å²) in [6.45, 7) is 43.2. The van der Waals surface area contributed by atoms with Crippen molar-refractivity contribution in [3.63, 3.8) is 0 Å². The highest BCUT2D eigenvalue weighted by molar-refractivity contribution is 4.63. The molecule has 0 bridgehead atoms. The lowest BCUT2D eigenvalue weighted by atomic mass is 10.3. The van der Waals surface area contributed by atoms with Gasteiger partial charge in [0, 0.05) is 7.11 Å². The molecular weight excluding hydrogens is 965 g/mol. The molecule has 0 saturated heterocycles. The van der Waals surface area contributed by atoms with E-state index in [-0.39, 0.29) is 116 Å². The second-order valence-corrected chi connectivity index (χ2v) is 20.7. The third kappa shape index (κ3) is 45.1. The smallest absolute Gasteiger partial charge is 0.0781 e. The first-order valence-corrected chi connectivity index (χ1v) is 27.6. The molecule has 0 aliphatic rings. The normalized spacial score (nSPS) is 19.8. The molecule has 0 fully saturated rings. The topological polar surface area (TPSA) is 186 Å². The largest absolute Gasteiger partial charge is 0.394 e. The second kappa shape index (κ2) is 46.0.